The van der Waals surface area contributed by atoms with Crippen LogP contribution in [0.3, 0.4) is 0 Å². The average Bonchev–Trinajstić information content (AvgIpc) is 3.20. The second-order valence-corrected chi connectivity index (χ2v) is 9.56. The van der Waals surface area contributed by atoms with Crippen LogP contribution in [0.15, 0.2) is 88.0 Å². The van der Waals surface area contributed by atoms with Crippen molar-refractivity contribution in [3.8, 4) is 0 Å². The van der Waals surface area contributed by atoms with Crippen LogP contribution in [0.2, 0.25) is 0 Å². The Morgan fingerprint density at radius 3 is 2.30 bits per heavy atom. The molecule has 0 aliphatic rings. The highest BCUT2D eigenvalue weighted by atomic mass is 32.2. The number of sulfonamides is 1. The molecule has 2 aromatic carbocycles. The van der Waals surface area contributed by atoms with Crippen LogP contribution in [0.1, 0.15) is 6.42 Å². The third kappa shape index (κ3) is 4.62. The number of sulfone groups is 1. The molecule has 142 valence electrons. The molecule has 0 spiro atoms. The van der Waals surface area contributed by atoms with Crippen LogP contribution in [0.5, 0.6) is 0 Å². The molecule has 0 atom stereocenters. The Morgan fingerprint density at radius 2 is 1.59 bits per heavy atom. The van der Waals surface area contributed by atoms with Gasteiger partial charge in [-0.1, -0.05) is 24.3 Å². The van der Waals surface area contributed by atoms with E-state index in [1.54, 1.807) is 36.9 Å². The van der Waals surface area contributed by atoms with Crippen LogP contribution in [0.25, 0.3) is 0 Å². The summed E-state index contributed by atoms with van der Waals surface area (Å²) in [6, 6.07) is 13.3. The van der Waals surface area contributed by atoms with Crippen molar-refractivity contribution < 1.29 is 16.8 Å². The molecule has 0 aliphatic carbocycles. The SMILES string of the molecule is O=S(=O)(NCCCn1ccnc1)c1cccc(S(=O)(=O)c2ccccc2)c1. The van der Waals surface area contributed by atoms with Gasteiger partial charge in [0.25, 0.3) is 0 Å². The highest BCUT2D eigenvalue weighted by Crippen LogP contribution is 2.22. The van der Waals surface area contributed by atoms with Gasteiger partial charge in [-0.05, 0) is 36.8 Å². The van der Waals surface area contributed by atoms with Crippen molar-refractivity contribution in [2.24, 2.45) is 0 Å². The molecule has 0 aliphatic heterocycles. The first-order valence-corrected chi connectivity index (χ1v) is 11.2. The summed E-state index contributed by atoms with van der Waals surface area (Å²) >= 11 is 0. The first-order chi connectivity index (χ1) is 12.9. The predicted molar refractivity (Wildman–Crippen MR) is 100 cm³/mol. The number of imidazole rings is 1. The third-order valence-corrected chi connectivity index (χ3v) is 7.15. The first kappa shape index (κ1) is 19.3. The highest BCUT2D eigenvalue weighted by molar-refractivity contribution is 7.91. The van der Waals surface area contributed by atoms with E-state index in [1.165, 1.54) is 36.4 Å². The molecule has 7 nitrogen and oxygen atoms in total. The Morgan fingerprint density at radius 1 is 0.889 bits per heavy atom. The summed E-state index contributed by atoms with van der Waals surface area (Å²) in [5.41, 5.74) is 0. The molecular formula is C18H19N3O4S2. The Labute approximate surface area is 158 Å². The van der Waals surface area contributed by atoms with Gasteiger partial charge in [-0.2, -0.15) is 0 Å². The van der Waals surface area contributed by atoms with Gasteiger partial charge in [0.1, 0.15) is 0 Å². The van der Waals surface area contributed by atoms with Crippen LogP contribution in [0, 0.1) is 0 Å². The Hall–Kier alpha value is -2.49. The highest BCUT2D eigenvalue weighted by Gasteiger charge is 2.21. The number of hydrogen-bond donors (Lipinski definition) is 1. The smallest absolute Gasteiger partial charge is 0.240 e. The number of hydrogen-bond acceptors (Lipinski definition) is 5. The van der Waals surface area contributed by atoms with Crippen molar-refractivity contribution in [2.45, 2.75) is 27.7 Å². The molecule has 1 N–H and O–H groups in total. The topological polar surface area (TPSA) is 98.1 Å². The summed E-state index contributed by atoms with van der Waals surface area (Å²) in [6.07, 6.45) is 5.69. The summed E-state index contributed by atoms with van der Waals surface area (Å²) in [4.78, 5) is 3.90. The summed E-state index contributed by atoms with van der Waals surface area (Å²) < 4.78 is 54.7. The van der Waals surface area contributed by atoms with E-state index >= 15 is 0 Å². The minimum absolute atomic E-state index is 0.0602. The molecule has 0 unspecified atom stereocenters. The molecule has 0 fully saturated rings. The Kier molecular flexibility index (Phi) is 5.73. The normalized spacial score (nSPS) is 12.1. The van der Waals surface area contributed by atoms with Gasteiger partial charge in [-0.3, -0.25) is 0 Å². The second-order valence-electron chi connectivity index (χ2n) is 5.84. The van der Waals surface area contributed by atoms with Gasteiger partial charge in [0, 0.05) is 25.5 Å². The number of nitrogens with zero attached hydrogens (tertiary/aromatic N) is 2. The van der Waals surface area contributed by atoms with E-state index in [-0.39, 0.29) is 21.2 Å². The zero-order valence-electron chi connectivity index (χ0n) is 14.4. The predicted octanol–water partition coefficient (Wildman–Crippen LogP) is 2.08. The lowest BCUT2D eigenvalue weighted by Gasteiger charge is -2.09. The van der Waals surface area contributed by atoms with Crippen LogP contribution in [-0.2, 0) is 26.4 Å². The lowest BCUT2D eigenvalue weighted by atomic mass is 10.4. The van der Waals surface area contributed by atoms with Crippen molar-refractivity contribution in [2.75, 3.05) is 6.54 Å². The zero-order valence-corrected chi connectivity index (χ0v) is 16.0. The first-order valence-electron chi connectivity index (χ1n) is 8.25. The summed E-state index contributed by atoms with van der Waals surface area (Å²) in [6.45, 7) is 0.862. The molecule has 1 heterocycles. The number of nitrogens with one attached hydrogen (secondary N) is 1. The van der Waals surface area contributed by atoms with E-state index in [2.05, 4.69) is 9.71 Å². The molecule has 3 rings (SSSR count). The van der Waals surface area contributed by atoms with E-state index < -0.39 is 19.9 Å². The van der Waals surface area contributed by atoms with Crippen molar-refractivity contribution >= 4 is 19.9 Å². The molecule has 0 saturated heterocycles. The Bertz CT molecular complexity index is 1090. The van der Waals surface area contributed by atoms with Crippen molar-refractivity contribution in [1.29, 1.82) is 0 Å². The second kappa shape index (κ2) is 8.03. The summed E-state index contributed by atoms with van der Waals surface area (Å²) in [5, 5.41) is 0. The molecule has 27 heavy (non-hydrogen) atoms. The van der Waals surface area contributed by atoms with E-state index in [9.17, 15) is 16.8 Å². The van der Waals surface area contributed by atoms with Crippen LogP contribution in [-0.4, -0.2) is 32.9 Å². The quantitative estimate of drug-likeness (QED) is 0.579. The monoisotopic (exact) mass is 405 g/mol. The van der Waals surface area contributed by atoms with E-state index in [0.717, 1.165) is 0 Å². The van der Waals surface area contributed by atoms with E-state index in [0.29, 0.717) is 13.0 Å². The van der Waals surface area contributed by atoms with Crippen LogP contribution in [0.4, 0.5) is 0 Å². The number of benzene rings is 2. The molecule has 0 amide bonds. The molecule has 0 radical (unpaired) electrons. The minimum Gasteiger partial charge on any atom is -0.337 e. The minimum atomic E-state index is -3.81. The summed E-state index contributed by atoms with van der Waals surface area (Å²) in [5.74, 6) is 0. The van der Waals surface area contributed by atoms with E-state index in [1.807, 2.05) is 4.57 Å². The molecule has 3 aromatic rings. The Balaban J connectivity index is 1.74. The maximum Gasteiger partial charge on any atom is 0.240 e. The molecule has 9 heteroatoms. The fraction of sp³-hybridized carbons (Fsp3) is 0.167. The third-order valence-electron chi connectivity index (χ3n) is 3.92. The largest absolute Gasteiger partial charge is 0.337 e. The van der Waals surface area contributed by atoms with Gasteiger partial charge in [0.15, 0.2) is 0 Å². The van der Waals surface area contributed by atoms with Crippen molar-refractivity contribution in [3.05, 3.63) is 73.3 Å². The zero-order chi connectivity index (χ0) is 19.3. The standard InChI is InChI=1S/C18H19N3O4S2/c22-26(23,16-6-2-1-3-7-16)17-8-4-9-18(14-17)27(24,25)20-10-5-12-21-13-11-19-15-21/h1-4,6-9,11,13-15,20H,5,10,12H2. The van der Waals surface area contributed by atoms with Crippen molar-refractivity contribution in [3.63, 3.8) is 0 Å². The fourth-order valence-corrected chi connectivity index (χ4v) is 5.04. The number of aryl methyl sites for hydroxylation is 1. The van der Waals surface area contributed by atoms with Gasteiger partial charge in [0.05, 0.1) is 21.0 Å². The number of aromatic nitrogens is 2. The molecular weight excluding hydrogens is 386 g/mol. The lowest BCUT2D eigenvalue weighted by Crippen LogP contribution is -2.25. The maximum absolute atomic E-state index is 12.7. The van der Waals surface area contributed by atoms with Crippen molar-refractivity contribution in [1.82, 2.24) is 14.3 Å². The van der Waals surface area contributed by atoms with Crippen LogP contribution >= 0.6 is 0 Å². The molecule has 0 saturated carbocycles. The average molecular weight is 406 g/mol. The maximum atomic E-state index is 12.7. The van der Waals surface area contributed by atoms with E-state index in [4.69, 9.17) is 0 Å². The number of rotatable bonds is 8. The van der Waals surface area contributed by atoms with Gasteiger partial charge in [-0.25, -0.2) is 26.5 Å². The fourth-order valence-electron chi connectivity index (χ4n) is 2.51. The van der Waals surface area contributed by atoms with Crippen LogP contribution < -0.4 is 4.72 Å². The van der Waals surface area contributed by atoms with Gasteiger partial charge in [0.2, 0.25) is 19.9 Å². The summed E-state index contributed by atoms with van der Waals surface area (Å²) in [7, 11) is -7.58. The van der Waals surface area contributed by atoms with Gasteiger partial charge in [-0.15, -0.1) is 0 Å². The molecule has 1 aromatic heterocycles. The van der Waals surface area contributed by atoms with Gasteiger partial charge < -0.3 is 4.57 Å². The molecule has 0 bridgehead atoms. The lowest BCUT2D eigenvalue weighted by molar-refractivity contribution is 0.569. The van der Waals surface area contributed by atoms with Gasteiger partial charge >= 0.3 is 0 Å².